The molecule has 1 aromatic heterocycles. The van der Waals surface area contributed by atoms with Crippen LogP contribution in [0.3, 0.4) is 0 Å². The molecular weight excluding hydrogens is 252 g/mol. The van der Waals surface area contributed by atoms with Crippen LogP contribution in [0.2, 0.25) is 0 Å². The molecule has 1 aliphatic rings. The number of nitrogens with zero attached hydrogens (tertiary/aromatic N) is 3. The second kappa shape index (κ2) is 6.09. The lowest BCUT2D eigenvalue weighted by molar-refractivity contribution is -0.123. The van der Waals surface area contributed by atoms with Gasteiger partial charge in [0.15, 0.2) is 0 Å². The zero-order chi connectivity index (χ0) is 13.8. The minimum Gasteiger partial charge on any atom is -0.408 e. The van der Waals surface area contributed by atoms with Crippen LogP contribution in [0.5, 0.6) is 0 Å². The van der Waals surface area contributed by atoms with Crippen LogP contribution in [0.4, 0.5) is 6.01 Å². The maximum Gasteiger partial charge on any atom is 0.322 e. The second-order valence-electron chi connectivity index (χ2n) is 4.59. The fraction of sp³-hybridized carbons (Fsp3) is 0.727. The highest BCUT2D eigenvalue weighted by Crippen LogP contribution is 2.11. The van der Waals surface area contributed by atoms with E-state index in [1.807, 2.05) is 11.8 Å². The van der Waals surface area contributed by atoms with Crippen molar-refractivity contribution in [3.8, 4) is 0 Å². The molecule has 8 heteroatoms. The highest BCUT2D eigenvalue weighted by Gasteiger charge is 2.27. The SMILES string of the molecule is Cc1nnc(NC(=O)CN2CC(CO)OCC2C)o1. The quantitative estimate of drug-likeness (QED) is 0.753. The lowest BCUT2D eigenvalue weighted by Gasteiger charge is -2.36. The lowest BCUT2D eigenvalue weighted by Crippen LogP contribution is -2.51. The van der Waals surface area contributed by atoms with Gasteiger partial charge in [0.25, 0.3) is 0 Å². The van der Waals surface area contributed by atoms with Crippen molar-refractivity contribution in [3.63, 3.8) is 0 Å². The molecule has 2 unspecified atom stereocenters. The van der Waals surface area contributed by atoms with E-state index >= 15 is 0 Å². The number of rotatable bonds is 4. The van der Waals surface area contributed by atoms with Gasteiger partial charge >= 0.3 is 6.01 Å². The van der Waals surface area contributed by atoms with Crippen LogP contribution in [-0.2, 0) is 9.53 Å². The highest BCUT2D eigenvalue weighted by molar-refractivity contribution is 5.90. The Balaban J connectivity index is 1.86. The molecule has 19 heavy (non-hydrogen) atoms. The Hall–Kier alpha value is -1.51. The monoisotopic (exact) mass is 270 g/mol. The summed E-state index contributed by atoms with van der Waals surface area (Å²) < 4.78 is 10.5. The van der Waals surface area contributed by atoms with E-state index in [9.17, 15) is 4.79 Å². The third-order valence-electron chi connectivity index (χ3n) is 2.96. The summed E-state index contributed by atoms with van der Waals surface area (Å²) in [5.74, 6) is 0.171. The number of morpholine rings is 1. The number of nitrogens with one attached hydrogen (secondary N) is 1. The van der Waals surface area contributed by atoms with Gasteiger partial charge in [-0.3, -0.25) is 15.0 Å². The number of ether oxygens (including phenoxy) is 1. The number of carbonyl (C=O) groups is 1. The summed E-state index contributed by atoms with van der Waals surface area (Å²) in [5, 5.41) is 18.9. The summed E-state index contributed by atoms with van der Waals surface area (Å²) >= 11 is 0. The molecule has 106 valence electrons. The first-order valence-electron chi connectivity index (χ1n) is 6.15. The van der Waals surface area contributed by atoms with Gasteiger partial charge in [-0.25, -0.2) is 0 Å². The average Bonchev–Trinajstić information content (AvgIpc) is 2.77. The Bertz CT molecular complexity index is 436. The van der Waals surface area contributed by atoms with Gasteiger partial charge < -0.3 is 14.3 Å². The summed E-state index contributed by atoms with van der Waals surface area (Å²) in [6, 6.07) is 0.222. The Morgan fingerprint density at radius 2 is 2.37 bits per heavy atom. The number of aromatic nitrogens is 2. The molecule has 1 aliphatic heterocycles. The molecule has 1 amide bonds. The van der Waals surface area contributed by atoms with E-state index in [4.69, 9.17) is 14.3 Å². The van der Waals surface area contributed by atoms with Gasteiger partial charge in [-0.05, 0) is 6.92 Å². The van der Waals surface area contributed by atoms with Crippen LogP contribution in [-0.4, -0.2) is 64.6 Å². The van der Waals surface area contributed by atoms with Gasteiger partial charge in [0, 0.05) is 19.5 Å². The van der Waals surface area contributed by atoms with E-state index in [0.717, 1.165) is 0 Å². The molecule has 0 radical (unpaired) electrons. The number of amides is 1. The number of anilines is 1. The number of carbonyl (C=O) groups excluding carboxylic acids is 1. The number of aliphatic hydroxyl groups excluding tert-OH is 1. The molecule has 2 heterocycles. The van der Waals surface area contributed by atoms with E-state index in [-0.39, 0.29) is 37.2 Å². The van der Waals surface area contributed by atoms with Crippen molar-refractivity contribution in [2.45, 2.75) is 26.0 Å². The van der Waals surface area contributed by atoms with Crippen molar-refractivity contribution >= 4 is 11.9 Å². The van der Waals surface area contributed by atoms with Gasteiger partial charge in [-0.2, -0.15) is 0 Å². The molecule has 2 N–H and O–H groups in total. The Morgan fingerprint density at radius 1 is 1.58 bits per heavy atom. The molecule has 2 rings (SSSR count). The largest absolute Gasteiger partial charge is 0.408 e. The van der Waals surface area contributed by atoms with Gasteiger partial charge in [0.05, 0.1) is 25.9 Å². The molecule has 1 fully saturated rings. The fourth-order valence-corrected chi connectivity index (χ4v) is 1.90. The van der Waals surface area contributed by atoms with E-state index in [1.54, 1.807) is 6.92 Å². The van der Waals surface area contributed by atoms with Crippen LogP contribution in [0.25, 0.3) is 0 Å². The standard InChI is InChI=1S/C11H18N4O4/c1-7-6-18-9(5-16)3-15(7)4-10(17)12-11-14-13-8(2)19-11/h7,9,16H,3-6H2,1-2H3,(H,12,14,17). The smallest absolute Gasteiger partial charge is 0.322 e. The minimum atomic E-state index is -0.241. The van der Waals surface area contributed by atoms with Crippen molar-refractivity contribution < 1.29 is 19.1 Å². The summed E-state index contributed by atoms with van der Waals surface area (Å²) in [6.45, 7) is 4.79. The van der Waals surface area contributed by atoms with E-state index < -0.39 is 0 Å². The first kappa shape index (κ1) is 13.9. The zero-order valence-corrected chi connectivity index (χ0v) is 11.0. The van der Waals surface area contributed by atoms with Gasteiger partial charge in [0.2, 0.25) is 11.8 Å². The molecule has 0 saturated carbocycles. The van der Waals surface area contributed by atoms with E-state index in [1.165, 1.54) is 0 Å². The number of hydrogen-bond donors (Lipinski definition) is 2. The van der Waals surface area contributed by atoms with E-state index in [0.29, 0.717) is 19.0 Å². The predicted octanol–water partition coefficient (Wildman–Crippen LogP) is -0.602. The number of aryl methyl sites for hydroxylation is 1. The summed E-state index contributed by atoms with van der Waals surface area (Å²) in [6.07, 6.45) is -0.241. The van der Waals surface area contributed by atoms with Gasteiger partial charge in [0.1, 0.15) is 0 Å². The van der Waals surface area contributed by atoms with Crippen LogP contribution in [0.1, 0.15) is 12.8 Å². The topological polar surface area (TPSA) is 101 Å². The predicted molar refractivity (Wildman–Crippen MR) is 65.5 cm³/mol. The molecule has 0 aliphatic carbocycles. The summed E-state index contributed by atoms with van der Waals surface area (Å²) in [5.41, 5.74) is 0. The van der Waals surface area contributed by atoms with Crippen molar-refractivity contribution in [2.75, 3.05) is 31.6 Å². The molecule has 1 saturated heterocycles. The van der Waals surface area contributed by atoms with Gasteiger partial charge in [-0.1, -0.05) is 5.10 Å². The maximum absolute atomic E-state index is 11.8. The average molecular weight is 270 g/mol. The van der Waals surface area contributed by atoms with Crippen molar-refractivity contribution in [1.29, 1.82) is 0 Å². The first-order valence-corrected chi connectivity index (χ1v) is 6.15. The molecule has 2 atom stereocenters. The first-order chi connectivity index (χ1) is 9.08. The van der Waals surface area contributed by atoms with Crippen molar-refractivity contribution in [1.82, 2.24) is 15.1 Å². The molecule has 1 aromatic rings. The molecule has 0 aromatic carbocycles. The number of hydrogen-bond acceptors (Lipinski definition) is 7. The Kier molecular flexibility index (Phi) is 4.46. The zero-order valence-electron chi connectivity index (χ0n) is 11.0. The molecule has 0 spiro atoms. The minimum absolute atomic E-state index is 0.0479. The van der Waals surface area contributed by atoms with Crippen molar-refractivity contribution in [2.24, 2.45) is 0 Å². The second-order valence-corrected chi connectivity index (χ2v) is 4.59. The van der Waals surface area contributed by atoms with Crippen LogP contribution < -0.4 is 5.32 Å². The van der Waals surface area contributed by atoms with Gasteiger partial charge in [-0.15, -0.1) is 5.10 Å². The summed E-state index contributed by atoms with van der Waals surface area (Å²) in [7, 11) is 0. The molecular formula is C11H18N4O4. The normalized spacial score (nSPS) is 24.4. The molecule has 0 bridgehead atoms. The van der Waals surface area contributed by atoms with Crippen LogP contribution in [0.15, 0.2) is 4.42 Å². The van der Waals surface area contributed by atoms with Crippen molar-refractivity contribution in [3.05, 3.63) is 5.89 Å². The van der Waals surface area contributed by atoms with Crippen LogP contribution >= 0.6 is 0 Å². The fourth-order valence-electron chi connectivity index (χ4n) is 1.90. The number of aliphatic hydroxyl groups is 1. The summed E-state index contributed by atoms with van der Waals surface area (Å²) in [4.78, 5) is 13.8. The Morgan fingerprint density at radius 3 is 3.00 bits per heavy atom. The highest BCUT2D eigenvalue weighted by atomic mass is 16.5. The third-order valence-corrected chi connectivity index (χ3v) is 2.96. The lowest BCUT2D eigenvalue weighted by atomic mass is 10.2. The molecule has 8 nitrogen and oxygen atoms in total. The maximum atomic E-state index is 11.8. The third kappa shape index (κ3) is 3.72. The van der Waals surface area contributed by atoms with Crippen LogP contribution in [0, 0.1) is 6.92 Å². The Labute approximate surface area is 110 Å². The van der Waals surface area contributed by atoms with E-state index in [2.05, 4.69) is 15.5 Å².